The minimum Gasteiger partial charge on any atom is -0.347 e. The first-order valence-electron chi connectivity index (χ1n) is 12.1. The molecular weight excluding hydrogens is 398 g/mol. The molecule has 0 aliphatic carbocycles. The predicted molar refractivity (Wildman–Crippen MR) is 129 cm³/mol. The molecule has 0 radical (unpaired) electrons. The lowest BCUT2D eigenvalue weighted by Crippen LogP contribution is -2.40. The van der Waals surface area contributed by atoms with Crippen molar-refractivity contribution in [3.8, 4) is 11.3 Å². The van der Waals surface area contributed by atoms with Crippen LogP contribution in [0.15, 0.2) is 48.5 Å². The fraction of sp³-hybridized carbons (Fsp3) is 0.519. The largest absolute Gasteiger partial charge is 0.347 e. The summed E-state index contributed by atoms with van der Waals surface area (Å²) < 4.78 is 0. The molecule has 1 atom stereocenters. The average Bonchev–Trinajstić information content (AvgIpc) is 2.84. The molecule has 1 N–H and O–H groups in total. The van der Waals surface area contributed by atoms with Crippen molar-refractivity contribution >= 4 is 11.7 Å². The van der Waals surface area contributed by atoms with Gasteiger partial charge in [-0.25, -0.2) is 0 Å². The molecule has 5 nitrogen and oxygen atoms in total. The van der Waals surface area contributed by atoms with Gasteiger partial charge in [-0.15, -0.1) is 0 Å². The highest BCUT2D eigenvalue weighted by Crippen LogP contribution is 2.25. The maximum atomic E-state index is 13.1. The minimum absolute atomic E-state index is 0.0770. The van der Waals surface area contributed by atoms with Gasteiger partial charge in [-0.05, 0) is 58.0 Å². The Morgan fingerprint density at radius 2 is 1.78 bits per heavy atom. The number of unbranched alkanes of at least 4 members (excludes halogenated alkanes) is 2. The van der Waals surface area contributed by atoms with Crippen LogP contribution in [-0.2, 0) is 9.59 Å². The van der Waals surface area contributed by atoms with Crippen LogP contribution < -0.4 is 5.32 Å². The van der Waals surface area contributed by atoms with E-state index in [-0.39, 0.29) is 17.9 Å². The molecule has 32 heavy (non-hydrogen) atoms. The van der Waals surface area contributed by atoms with Crippen molar-refractivity contribution < 1.29 is 9.59 Å². The number of Topliss-reactive ketones (excluding diaryl/α,β-unsaturated/α-hetero) is 1. The number of pyridine rings is 1. The highest BCUT2D eigenvalue weighted by atomic mass is 16.2. The van der Waals surface area contributed by atoms with E-state index in [1.54, 1.807) is 0 Å². The summed E-state index contributed by atoms with van der Waals surface area (Å²) >= 11 is 0. The molecule has 1 aliphatic rings. The van der Waals surface area contributed by atoms with E-state index >= 15 is 0 Å². The predicted octanol–water partition coefficient (Wildman–Crippen LogP) is 5.18. The Labute approximate surface area is 192 Å². The Hall–Kier alpha value is -2.53. The van der Waals surface area contributed by atoms with Crippen molar-refractivity contribution in [2.24, 2.45) is 5.92 Å². The average molecular weight is 436 g/mol. The van der Waals surface area contributed by atoms with Gasteiger partial charge in [-0.3, -0.25) is 14.6 Å². The van der Waals surface area contributed by atoms with Crippen LogP contribution in [0.1, 0.15) is 70.0 Å². The first-order valence-corrected chi connectivity index (χ1v) is 12.1. The van der Waals surface area contributed by atoms with Gasteiger partial charge < -0.3 is 10.2 Å². The van der Waals surface area contributed by atoms with Crippen molar-refractivity contribution in [1.29, 1.82) is 0 Å². The fourth-order valence-electron chi connectivity index (χ4n) is 4.29. The number of amides is 1. The van der Waals surface area contributed by atoms with Gasteiger partial charge in [0.05, 0.1) is 17.4 Å². The van der Waals surface area contributed by atoms with Crippen LogP contribution >= 0.6 is 0 Å². The van der Waals surface area contributed by atoms with Gasteiger partial charge in [-0.1, -0.05) is 56.2 Å². The Morgan fingerprint density at radius 3 is 2.50 bits per heavy atom. The lowest BCUT2D eigenvalue weighted by Gasteiger charge is -2.29. The third kappa shape index (κ3) is 7.27. The number of aromatic nitrogens is 1. The van der Waals surface area contributed by atoms with Crippen molar-refractivity contribution in [2.75, 3.05) is 20.1 Å². The van der Waals surface area contributed by atoms with Gasteiger partial charge in [0.2, 0.25) is 5.91 Å². The second-order valence-electron chi connectivity index (χ2n) is 8.94. The number of hydrogen-bond acceptors (Lipinski definition) is 4. The topological polar surface area (TPSA) is 62.3 Å². The molecule has 1 saturated heterocycles. The first kappa shape index (κ1) is 24.1. The zero-order valence-corrected chi connectivity index (χ0v) is 19.6. The Kier molecular flexibility index (Phi) is 9.42. The monoisotopic (exact) mass is 435 g/mol. The normalized spacial score (nSPS) is 15.9. The number of piperidine rings is 1. The highest BCUT2D eigenvalue weighted by molar-refractivity contribution is 5.79. The fourth-order valence-corrected chi connectivity index (χ4v) is 4.29. The summed E-state index contributed by atoms with van der Waals surface area (Å²) in [6, 6.07) is 16.1. The van der Waals surface area contributed by atoms with Gasteiger partial charge in [0.15, 0.2) is 0 Å². The molecule has 1 fully saturated rings. The van der Waals surface area contributed by atoms with E-state index in [1.807, 2.05) is 43.3 Å². The van der Waals surface area contributed by atoms with Gasteiger partial charge in [0, 0.05) is 24.3 Å². The van der Waals surface area contributed by atoms with E-state index in [4.69, 9.17) is 4.98 Å². The summed E-state index contributed by atoms with van der Waals surface area (Å²) in [5.74, 6) is 0.554. The number of ketones is 1. The van der Waals surface area contributed by atoms with Gasteiger partial charge in [0.1, 0.15) is 5.78 Å². The van der Waals surface area contributed by atoms with Crippen LogP contribution in [0, 0.1) is 5.92 Å². The maximum Gasteiger partial charge on any atom is 0.223 e. The summed E-state index contributed by atoms with van der Waals surface area (Å²) in [7, 11) is 2.11. The van der Waals surface area contributed by atoms with Crippen molar-refractivity contribution in [3.63, 3.8) is 0 Å². The molecule has 0 bridgehead atoms. The summed E-state index contributed by atoms with van der Waals surface area (Å²) in [5, 5.41) is 3.32. The molecule has 2 heterocycles. The molecule has 1 aliphatic heterocycles. The molecule has 3 rings (SSSR count). The molecule has 2 aromatic rings. The van der Waals surface area contributed by atoms with Crippen LogP contribution in [0.4, 0.5) is 0 Å². The number of likely N-dealkylation sites (tertiary alicyclic amines) is 1. The standard InChI is InChI=1S/C27H37N3O2/c1-3-23(31)13-8-5-9-14-26(29-27(32)22-17-19-30(2)20-18-22)25-16-10-15-24(28-25)21-11-6-4-7-12-21/h4,6-7,10-12,15-16,22,26H,3,5,8-9,13-14,17-20H2,1-2H3,(H,29,32). The Bertz CT molecular complexity index is 860. The second kappa shape index (κ2) is 12.5. The number of nitrogens with one attached hydrogen (secondary N) is 1. The minimum atomic E-state index is -0.104. The quantitative estimate of drug-likeness (QED) is 0.494. The summed E-state index contributed by atoms with van der Waals surface area (Å²) in [4.78, 5) is 31.8. The third-order valence-electron chi connectivity index (χ3n) is 6.45. The second-order valence-corrected chi connectivity index (χ2v) is 8.94. The molecular formula is C27H37N3O2. The number of nitrogens with zero attached hydrogens (tertiary/aromatic N) is 2. The van der Waals surface area contributed by atoms with Crippen molar-refractivity contribution in [1.82, 2.24) is 15.2 Å². The molecule has 1 aromatic carbocycles. The summed E-state index contributed by atoms with van der Waals surface area (Å²) in [5.41, 5.74) is 2.92. The lowest BCUT2D eigenvalue weighted by molar-refractivity contribution is -0.127. The molecule has 1 unspecified atom stereocenters. The zero-order valence-electron chi connectivity index (χ0n) is 19.6. The first-order chi connectivity index (χ1) is 15.6. The van der Waals surface area contributed by atoms with Crippen LogP contribution in [0.25, 0.3) is 11.3 Å². The van der Waals surface area contributed by atoms with Gasteiger partial charge in [-0.2, -0.15) is 0 Å². The van der Waals surface area contributed by atoms with Crippen LogP contribution in [0.5, 0.6) is 0 Å². The highest BCUT2D eigenvalue weighted by Gasteiger charge is 2.26. The van der Waals surface area contributed by atoms with Gasteiger partial charge >= 0.3 is 0 Å². The Balaban J connectivity index is 1.68. The Morgan fingerprint density at radius 1 is 1.03 bits per heavy atom. The number of rotatable bonds is 11. The zero-order chi connectivity index (χ0) is 22.8. The molecule has 1 amide bonds. The van der Waals surface area contributed by atoms with E-state index < -0.39 is 0 Å². The smallest absolute Gasteiger partial charge is 0.223 e. The SMILES string of the molecule is CCC(=O)CCCCCC(NC(=O)C1CCN(C)CC1)c1cccc(-c2ccccc2)n1. The summed E-state index contributed by atoms with van der Waals surface area (Å²) in [6.07, 6.45) is 6.80. The van der Waals surface area contributed by atoms with E-state index in [9.17, 15) is 9.59 Å². The molecule has 172 valence electrons. The third-order valence-corrected chi connectivity index (χ3v) is 6.45. The molecule has 5 heteroatoms. The maximum absolute atomic E-state index is 13.1. The van der Waals surface area contributed by atoms with Crippen LogP contribution in [0.2, 0.25) is 0 Å². The number of carbonyl (C=O) groups is 2. The molecule has 0 saturated carbocycles. The molecule has 1 aromatic heterocycles. The summed E-state index contributed by atoms with van der Waals surface area (Å²) in [6.45, 7) is 3.86. The number of carbonyl (C=O) groups excluding carboxylic acids is 2. The molecule has 0 spiro atoms. The van der Waals surface area contributed by atoms with Crippen LogP contribution in [0.3, 0.4) is 0 Å². The van der Waals surface area contributed by atoms with E-state index in [0.717, 1.165) is 68.6 Å². The van der Waals surface area contributed by atoms with Crippen molar-refractivity contribution in [2.45, 2.75) is 64.3 Å². The van der Waals surface area contributed by atoms with E-state index in [0.29, 0.717) is 18.6 Å². The lowest BCUT2D eigenvalue weighted by atomic mass is 9.95. The number of benzene rings is 1. The van der Waals surface area contributed by atoms with Crippen LogP contribution in [-0.4, -0.2) is 41.7 Å². The number of hydrogen-bond donors (Lipinski definition) is 1. The van der Waals surface area contributed by atoms with Gasteiger partial charge in [0.25, 0.3) is 0 Å². The van der Waals surface area contributed by atoms with Crippen molar-refractivity contribution in [3.05, 3.63) is 54.2 Å². The van der Waals surface area contributed by atoms with E-state index in [1.165, 1.54) is 0 Å². The van der Waals surface area contributed by atoms with E-state index in [2.05, 4.69) is 29.4 Å².